The molecule has 0 bridgehead atoms. The monoisotopic (exact) mass is 859 g/mol. The van der Waals surface area contributed by atoms with Crippen molar-refractivity contribution in [3.8, 4) is 0 Å². The van der Waals surface area contributed by atoms with Gasteiger partial charge in [0.1, 0.15) is 13.2 Å². The molecule has 1 atom stereocenters. The van der Waals surface area contributed by atoms with Gasteiger partial charge >= 0.3 is 17.9 Å². The molecular weight excluding hydrogens is 757 g/mol. The smallest absolute Gasteiger partial charge is 0.306 e. The number of hydrogen-bond acceptors (Lipinski definition) is 6. The van der Waals surface area contributed by atoms with Gasteiger partial charge in [0.15, 0.2) is 6.10 Å². The lowest BCUT2D eigenvalue weighted by molar-refractivity contribution is -0.167. The van der Waals surface area contributed by atoms with Crippen LogP contribution in [0.25, 0.3) is 0 Å². The number of rotatable bonds is 49. The first-order chi connectivity index (χ1) is 30.0. The van der Waals surface area contributed by atoms with E-state index < -0.39 is 6.10 Å². The SMILES string of the molecule is CCCCCC/C=C/CCCCCCCC(=O)OC[C@H](COC(=O)CCCCCCCCCCCCCCCCCC)OC(=O)CCCCCCC/C=C/CCCCCCC. The van der Waals surface area contributed by atoms with Crippen molar-refractivity contribution in [2.75, 3.05) is 13.2 Å². The van der Waals surface area contributed by atoms with E-state index in [1.165, 1.54) is 180 Å². The van der Waals surface area contributed by atoms with Crippen molar-refractivity contribution in [3.05, 3.63) is 24.3 Å². The van der Waals surface area contributed by atoms with Crippen molar-refractivity contribution in [1.29, 1.82) is 0 Å². The molecule has 0 aliphatic carbocycles. The second-order valence-electron chi connectivity index (χ2n) is 18.1. The minimum atomic E-state index is -0.774. The Balaban J connectivity index is 4.35. The van der Waals surface area contributed by atoms with Gasteiger partial charge in [-0.1, -0.05) is 225 Å². The third-order valence-corrected chi connectivity index (χ3v) is 11.9. The fourth-order valence-corrected chi connectivity index (χ4v) is 7.84. The van der Waals surface area contributed by atoms with E-state index in [1.54, 1.807) is 0 Å². The van der Waals surface area contributed by atoms with Crippen LogP contribution in [0.3, 0.4) is 0 Å². The Morgan fingerprint density at radius 1 is 0.311 bits per heavy atom. The topological polar surface area (TPSA) is 78.9 Å². The normalized spacial score (nSPS) is 12.1. The van der Waals surface area contributed by atoms with Crippen LogP contribution in [0.2, 0.25) is 0 Å². The maximum atomic E-state index is 12.8. The molecule has 0 N–H and O–H groups in total. The predicted octanol–water partition coefficient (Wildman–Crippen LogP) is 17.5. The summed E-state index contributed by atoms with van der Waals surface area (Å²) in [6.45, 7) is 6.63. The van der Waals surface area contributed by atoms with Gasteiger partial charge in [-0.05, 0) is 70.6 Å². The maximum Gasteiger partial charge on any atom is 0.306 e. The van der Waals surface area contributed by atoms with E-state index in [2.05, 4.69) is 45.1 Å². The first-order valence-electron chi connectivity index (χ1n) is 26.8. The van der Waals surface area contributed by atoms with Crippen LogP contribution in [0.4, 0.5) is 0 Å². The van der Waals surface area contributed by atoms with Gasteiger partial charge < -0.3 is 14.2 Å². The largest absolute Gasteiger partial charge is 0.462 e. The van der Waals surface area contributed by atoms with Crippen LogP contribution in [0, 0.1) is 0 Å². The van der Waals surface area contributed by atoms with Crippen LogP contribution in [-0.2, 0) is 28.6 Å². The average molecular weight is 859 g/mol. The van der Waals surface area contributed by atoms with Crippen molar-refractivity contribution >= 4 is 17.9 Å². The van der Waals surface area contributed by atoms with Crippen LogP contribution in [0.1, 0.15) is 290 Å². The van der Waals surface area contributed by atoms with Crippen molar-refractivity contribution in [1.82, 2.24) is 0 Å². The molecule has 0 spiro atoms. The van der Waals surface area contributed by atoms with Gasteiger partial charge in [-0.25, -0.2) is 0 Å². The number of ether oxygens (including phenoxy) is 3. The first-order valence-corrected chi connectivity index (χ1v) is 26.8. The predicted molar refractivity (Wildman–Crippen MR) is 261 cm³/mol. The summed E-state index contributed by atoms with van der Waals surface area (Å²) in [6.07, 6.45) is 57.3. The van der Waals surface area contributed by atoms with E-state index >= 15 is 0 Å². The van der Waals surface area contributed by atoms with Crippen LogP contribution in [0.5, 0.6) is 0 Å². The molecule has 0 aromatic carbocycles. The van der Waals surface area contributed by atoms with Crippen LogP contribution in [0.15, 0.2) is 24.3 Å². The molecule has 6 nitrogen and oxygen atoms in total. The fourth-order valence-electron chi connectivity index (χ4n) is 7.84. The molecule has 358 valence electrons. The summed E-state index contributed by atoms with van der Waals surface area (Å²) >= 11 is 0. The Kier molecular flexibility index (Phi) is 48.8. The van der Waals surface area contributed by atoms with Crippen LogP contribution >= 0.6 is 0 Å². The molecule has 6 heteroatoms. The Bertz CT molecular complexity index is 989. The molecule has 0 aliphatic heterocycles. The summed E-state index contributed by atoms with van der Waals surface area (Å²) in [5, 5.41) is 0. The van der Waals surface area contributed by atoms with Gasteiger partial charge in [-0.15, -0.1) is 0 Å². The molecule has 0 saturated carbocycles. The fraction of sp³-hybridized carbons (Fsp3) is 0.873. The summed E-state index contributed by atoms with van der Waals surface area (Å²) in [5.41, 5.74) is 0. The minimum absolute atomic E-state index is 0.0733. The highest BCUT2D eigenvalue weighted by atomic mass is 16.6. The standard InChI is InChI=1S/C55H102O6/c1-4-7-10-13-16-19-22-25-27-28-31-33-36-39-42-45-48-54(57)60-51-52(50-59-53(56)47-44-41-38-35-32-29-24-21-18-15-12-9-6-3)61-55(58)49-46-43-40-37-34-30-26-23-20-17-14-11-8-5-2/h21,23-24,26,52H,4-20,22,25,27-51H2,1-3H3/b24-21+,26-23+/t52-/m1/s1. The van der Waals surface area contributed by atoms with Crippen molar-refractivity contribution in [2.24, 2.45) is 0 Å². The molecule has 0 saturated heterocycles. The number of carbonyl (C=O) groups excluding carboxylic acids is 3. The van der Waals surface area contributed by atoms with Gasteiger partial charge in [0, 0.05) is 19.3 Å². The van der Waals surface area contributed by atoms with Crippen LogP contribution < -0.4 is 0 Å². The molecule has 61 heavy (non-hydrogen) atoms. The maximum absolute atomic E-state index is 12.8. The number of hydrogen-bond donors (Lipinski definition) is 0. The third kappa shape index (κ3) is 48.8. The molecule has 0 radical (unpaired) electrons. The first kappa shape index (κ1) is 58.9. The van der Waals surface area contributed by atoms with Gasteiger partial charge in [-0.3, -0.25) is 14.4 Å². The Morgan fingerprint density at radius 2 is 0.541 bits per heavy atom. The van der Waals surface area contributed by atoms with Gasteiger partial charge in [0.05, 0.1) is 0 Å². The van der Waals surface area contributed by atoms with Gasteiger partial charge in [-0.2, -0.15) is 0 Å². The van der Waals surface area contributed by atoms with E-state index in [9.17, 15) is 14.4 Å². The zero-order valence-corrected chi connectivity index (χ0v) is 40.9. The van der Waals surface area contributed by atoms with Crippen LogP contribution in [-0.4, -0.2) is 37.2 Å². The molecule has 0 fully saturated rings. The summed E-state index contributed by atoms with van der Waals surface area (Å²) < 4.78 is 16.8. The quantitative estimate of drug-likeness (QED) is 0.0262. The molecule has 0 amide bonds. The Hall–Kier alpha value is -2.11. The van der Waals surface area contributed by atoms with E-state index in [4.69, 9.17) is 14.2 Å². The minimum Gasteiger partial charge on any atom is -0.462 e. The highest BCUT2D eigenvalue weighted by Gasteiger charge is 2.19. The highest BCUT2D eigenvalue weighted by molar-refractivity contribution is 5.71. The van der Waals surface area contributed by atoms with E-state index in [0.717, 1.165) is 70.6 Å². The van der Waals surface area contributed by atoms with Gasteiger partial charge in [0.2, 0.25) is 0 Å². The molecule has 0 heterocycles. The van der Waals surface area contributed by atoms with Crippen molar-refractivity contribution < 1.29 is 28.6 Å². The lowest BCUT2D eigenvalue weighted by atomic mass is 10.0. The molecular formula is C55H102O6. The van der Waals surface area contributed by atoms with E-state index in [-0.39, 0.29) is 31.1 Å². The average Bonchev–Trinajstić information content (AvgIpc) is 3.26. The number of unbranched alkanes of at least 4 members (excludes halogenated alkanes) is 34. The number of esters is 3. The Morgan fingerprint density at radius 3 is 0.836 bits per heavy atom. The molecule has 0 aromatic heterocycles. The number of carbonyl (C=O) groups is 3. The summed E-state index contributed by atoms with van der Waals surface area (Å²) in [4.78, 5) is 38.0. The molecule has 0 aromatic rings. The molecule has 0 unspecified atom stereocenters. The van der Waals surface area contributed by atoms with E-state index in [0.29, 0.717) is 19.3 Å². The Labute approximate surface area is 379 Å². The van der Waals surface area contributed by atoms with Crippen molar-refractivity contribution in [2.45, 2.75) is 297 Å². The van der Waals surface area contributed by atoms with Crippen molar-refractivity contribution in [3.63, 3.8) is 0 Å². The van der Waals surface area contributed by atoms with Gasteiger partial charge in [0.25, 0.3) is 0 Å². The summed E-state index contributed by atoms with van der Waals surface area (Å²) in [7, 11) is 0. The molecule has 0 rings (SSSR count). The number of allylic oxidation sites excluding steroid dienone is 4. The lowest BCUT2D eigenvalue weighted by Gasteiger charge is -2.18. The third-order valence-electron chi connectivity index (χ3n) is 11.9. The zero-order chi connectivity index (χ0) is 44.4. The lowest BCUT2D eigenvalue weighted by Crippen LogP contribution is -2.30. The second-order valence-corrected chi connectivity index (χ2v) is 18.1. The summed E-state index contributed by atoms with van der Waals surface area (Å²) in [5.74, 6) is -0.876. The molecule has 0 aliphatic rings. The highest BCUT2D eigenvalue weighted by Crippen LogP contribution is 2.16. The van der Waals surface area contributed by atoms with E-state index in [1.807, 2.05) is 0 Å². The second kappa shape index (κ2) is 50.5. The summed E-state index contributed by atoms with van der Waals surface area (Å²) in [6, 6.07) is 0. The zero-order valence-electron chi connectivity index (χ0n) is 40.9.